The minimum atomic E-state index is -0.660. The van der Waals surface area contributed by atoms with Gasteiger partial charge >= 0.3 is 5.97 Å². The number of hydrogen-bond donors (Lipinski definition) is 0. The molecule has 19 heavy (non-hydrogen) atoms. The summed E-state index contributed by atoms with van der Waals surface area (Å²) in [7, 11) is 0. The molecule has 3 heteroatoms. The van der Waals surface area contributed by atoms with Gasteiger partial charge in [0.2, 0.25) is 0 Å². The minimum absolute atomic E-state index is 0.175. The van der Waals surface area contributed by atoms with Crippen molar-refractivity contribution < 1.29 is 14.3 Å². The molecule has 0 radical (unpaired) electrons. The first-order valence-electron chi connectivity index (χ1n) is 7.87. The average Bonchev–Trinajstić information content (AvgIpc) is 2.92. The second-order valence-electron chi connectivity index (χ2n) is 6.03. The Morgan fingerprint density at radius 3 is 2.00 bits per heavy atom. The molecule has 0 aliphatic carbocycles. The number of rotatable bonds is 10. The van der Waals surface area contributed by atoms with E-state index in [9.17, 15) is 4.79 Å². The van der Waals surface area contributed by atoms with E-state index in [-0.39, 0.29) is 11.6 Å². The van der Waals surface area contributed by atoms with E-state index < -0.39 is 5.60 Å². The van der Waals surface area contributed by atoms with Crippen LogP contribution in [0.3, 0.4) is 0 Å². The largest absolute Gasteiger partial charge is 0.464 e. The summed E-state index contributed by atoms with van der Waals surface area (Å²) in [5.41, 5.74) is -1.01. The van der Waals surface area contributed by atoms with Crippen molar-refractivity contribution in [3.8, 4) is 0 Å². The van der Waals surface area contributed by atoms with Gasteiger partial charge in [-0.3, -0.25) is 0 Å². The lowest BCUT2D eigenvalue weighted by atomic mass is 9.90. The first-order valence-corrected chi connectivity index (χ1v) is 7.87. The van der Waals surface area contributed by atoms with E-state index in [1.807, 2.05) is 20.8 Å². The fraction of sp³-hybridized carbons (Fsp3) is 0.938. The van der Waals surface area contributed by atoms with Crippen LogP contribution in [0.15, 0.2) is 0 Å². The zero-order chi connectivity index (χ0) is 14.4. The molecule has 1 fully saturated rings. The molecule has 0 aromatic heterocycles. The van der Waals surface area contributed by atoms with Gasteiger partial charge in [0, 0.05) is 0 Å². The van der Waals surface area contributed by atoms with Crippen molar-refractivity contribution in [2.75, 3.05) is 6.61 Å². The molecular formula is C16H30O3. The van der Waals surface area contributed by atoms with E-state index in [4.69, 9.17) is 9.47 Å². The molecule has 0 amide bonds. The third kappa shape index (κ3) is 4.20. The zero-order valence-electron chi connectivity index (χ0n) is 13.1. The maximum Gasteiger partial charge on any atom is 0.341 e. The first-order chi connectivity index (χ1) is 9.00. The minimum Gasteiger partial charge on any atom is -0.464 e. The van der Waals surface area contributed by atoms with Gasteiger partial charge in [-0.25, -0.2) is 4.79 Å². The van der Waals surface area contributed by atoms with Crippen LogP contribution in [0.2, 0.25) is 0 Å². The number of hydrogen-bond acceptors (Lipinski definition) is 3. The van der Waals surface area contributed by atoms with Crippen molar-refractivity contribution in [2.45, 2.75) is 90.3 Å². The maximum absolute atomic E-state index is 12.0. The van der Waals surface area contributed by atoms with Gasteiger partial charge in [-0.05, 0) is 33.6 Å². The monoisotopic (exact) mass is 270 g/mol. The molecule has 1 aliphatic heterocycles. The fourth-order valence-electron chi connectivity index (χ4n) is 2.73. The SMILES string of the molecule is CCCCCCCCC[C@]1(C(=O)OCC)OC1(C)C. The standard InChI is InChI=1S/C16H30O3/c1-5-7-8-9-10-11-12-13-16(14(17)18-6-2)15(3,4)19-16/h5-13H2,1-4H3/t16-/m1/s1. The summed E-state index contributed by atoms with van der Waals surface area (Å²) in [6, 6.07) is 0. The Bertz CT molecular complexity index is 286. The van der Waals surface area contributed by atoms with Crippen LogP contribution in [-0.4, -0.2) is 23.8 Å². The molecule has 0 aromatic carbocycles. The summed E-state index contributed by atoms with van der Waals surface area (Å²) in [4.78, 5) is 12.0. The highest BCUT2D eigenvalue weighted by atomic mass is 16.7. The summed E-state index contributed by atoms with van der Waals surface area (Å²) in [6.45, 7) is 8.46. The second-order valence-corrected chi connectivity index (χ2v) is 6.03. The second kappa shape index (κ2) is 7.28. The van der Waals surface area contributed by atoms with Gasteiger partial charge in [-0.15, -0.1) is 0 Å². The van der Waals surface area contributed by atoms with Crippen molar-refractivity contribution in [2.24, 2.45) is 0 Å². The number of epoxide rings is 1. The van der Waals surface area contributed by atoms with Gasteiger partial charge in [0.15, 0.2) is 5.60 Å². The van der Waals surface area contributed by atoms with E-state index in [1.165, 1.54) is 38.5 Å². The average molecular weight is 270 g/mol. The van der Waals surface area contributed by atoms with Gasteiger partial charge in [0.1, 0.15) is 5.60 Å². The first kappa shape index (κ1) is 16.5. The van der Waals surface area contributed by atoms with Crippen LogP contribution in [0.1, 0.15) is 79.1 Å². The summed E-state index contributed by atoms with van der Waals surface area (Å²) in [5, 5.41) is 0. The molecule has 0 bridgehead atoms. The van der Waals surface area contributed by atoms with Crippen LogP contribution in [0.5, 0.6) is 0 Å². The Balaban J connectivity index is 2.23. The van der Waals surface area contributed by atoms with Gasteiger partial charge in [0.25, 0.3) is 0 Å². The van der Waals surface area contributed by atoms with Crippen LogP contribution in [-0.2, 0) is 14.3 Å². The normalized spacial score (nSPS) is 24.2. The number of unbranched alkanes of at least 4 members (excludes halogenated alkanes) is 6. The van der Waals surface area contributed by atoms with Crippen molar-refractivity contribution in [1.29, 1.82) is 0 Å². The summed E-state index contributed by atoms with van der Waals surface area (Å²) >= 11 is 0. The van der Waals surface area contributed by atoms with Gasteiger partial charge in [-0.2, -0.15) is 0 Å². The Kier molecular flexibility index (Phi) is 6.31. The molecule has 1 rings (SSSR count). The Morgan fingerprint density at radius 1 is 1.00 bits per heavy atom. The van der Waals surface area contributed by atoms with Crippen LogP contribution < -0.4 is 0 Å². The zero-order valence-corrected chi connectivity index (χ0v) is 13.1. The van der Waals surface area contributed by atoms with E-state index in [0.29, 0.717) is 6.61 Å². The number of carbonyl (C=O) groups excluding carboxylic acids is 1. The predicted molar refractivity (Wildman–Crippen MR) is 77.1 cm³/mol. The van der Waals surface area contributed by atoms with Crippen molar-refractivity contribution in [3.63, 3.8) is 0 Å². The van der Waals surface area contributed by atoms with Crippen molar-refractivity contribution in [3.05, 3.63) is 0 Å². The van der Waals surface area contributed by atoms with Crippen molar-refractivity contribution >= 4 is 5.97 Å². The fourth-order valence-corrected chi connectivity index (χ4v) is 2.73. The lowest BCUT2D eigenvalue weighted by molar-refractivity contribution is -0.149. The molecule has 0 unspecified atom stereocenters. The van der Waals surface area contributed by atoms with E-state index in [1.54, 1.807) is 0 Å². The molecule has 1 saturated heterocycles. The van der Waals surface area contributed by atoms with E-state index in [0.717, 1.165) is 12.8 Å². The molecule has 112 valence electrons. The van der Waals surface area contributed by atoms with E-state index >= 15 is 0 Å². The van der Waals surface area contributed by atoms with Gasteiger partial charge in [0.05, 0.1) is 6.61 Å². The molecule has 1 heterocycles. The molecule has 0 spiro atoms. The third-order valence-electron chi connectivity index (χ3n) is 4.10. The summed E-state index contributed by atoms with van der Waals surface area (Å²) < 4.78 is 10.8. The Morgan fingerprint density at radius 2 is 1.53 bits per heavy atom. The highest BCUT2D eigenvalue weighted by Gasteiger charge is 2.69. The lowest BCUT2D eigenvalue weighted by Gasteiger charge is -2.13. The van der Waals surface area contributed by atoms with Gasteiger partial charge in [-0.1, -0.05) is 45.4 Å². The Labute approximate surface area is 118 Å². The molecular weight excluding hydrogens is 240 g/mol. The number of ether oxygens (including phenoxy) is 2. The van der Waals surface area contributed by atoms with Crippen molar-refractivity contribution in [1.82, 2.24) is 0 Å². The van der Waals surface area contributed by atoms with Crippen LogP contribution >= 0.6 is 0 Å². The molecule has 1 aliphatic rings. The number of esters is 1. The molecule has 0 N–H and O–H groups in total. The van der Waals surface area contributed by atoms with Gasteiger partial charge < -0.3 is 9.47 Å². The van der Waals surface area contributed by atoms with Crippen LogP contribution in [0.25, 0.3) is 0 Å². The Hall–Kier alpha value is -0.570. The number of carbonyl (C=O) groups is 1. The quantitative estimate of drug-likeness (QED) is 0.338. The summed E-state index contributed by atoms with van der Waals surface area (Å²) in [5.74, 6) is -0.175. The van der Waals surface area contributed by atoms with Crippen LogP contribution in [0.4, 0.5) is 0 Å². The van der Waals surface area contributed by atoms with E-state index in [2.05, 4.69) is 6.92 Å². The lowest BCUT2D eigenvalue weighted by Crippen LogP contribution is -2.33. The third-order valence-corrected chi connectivity index (χ3v) is 4.10. The molecule has 1 atom stereocenters. The predicted octanol–water partition coefficient (Wildman–Crippen LogP) is 4.24. The molecule has 0 saturated carbocycles. The molecule has 3 nitrogen and oxygen atoms in total. The highest BCUT2D eigenvalue weighted by Crippen LogP contribution is 2.51. The highest BCUT2D eigenvalue weighted by molar-refractivity contribution is 5.84. The molecule has 0 aromatic rings. The maximum atomic E-state index is 12.0. The topological polar surface area (TPSA) is 38.8 Å². The summed E-state index contributed by atoms with van der Waals surface area (Å²) in [6.07, 6.45) is 9.56. The van der Waals surface area contributed by atoms with Crippen LogP contribution in [0, 0.1) is 0 Å². The smallest absolute Gasteiger partial charge is 0.341 e.